The summed E-state index contributed by atoms with van der Waals surface area (Å²) in [5, 5.41) is 0.332. The van der Waals surface area contributed by atoms with Crippen LogP contribution in [-0.4, -0.2) is 68.2 Å². The van der Waals surface area contributed by atoms with Gasteiger partial charge in [-0.3, -0.25) is 4.79 Å². The fourth-order valence-electron chi connectivity index (χ4n) is 3.60. The predicted molar refractivity (Wildman–Crippen MR) is 101 cm³/mol. The molecule has 1 aromatic carbocycles. The summed E-state index contributed by atoms with van der Waals surface area (Å²) in [5.41, 5.74) is -0.00462. The topological polar surface area (TPSA) is 66.9 Å². The molecule has 0 radical (unpaired) electrons. The maximum atomic E-state index is 13.9. The summed E-state index contributed by atoms with van der Waals surface area (Å²) in [4.78, 5) is 14.1. The molecule has 9 heteroatoms. The van der Waals surface area contributed by atoms with E-state index in [1.165, 1.54) is 28.8 Å². The van der Waals surface area contributed by atoms with Gasteiger partial charge in [-0.25, -0.2) is 17.1 Å². The molecule has 1 aromatic rings. The maximum Gasteiger partial charge on any atom is 0.256 e. The number of likely N-dealkylation sites (tertiary alicyclic amines) is 1. The molecule has 0 N–H and O–H groups in total. The van der Waals surface area contributed by atoms with Crippen molar-refractivity contribution in [1.29, 1.82) is 0 Å². The van der Waals surface area contributed by atoms with Crippen LogP contribution in [0.3, 0.4) is 0 Å². The van der Waals surface area contributed by atoms with E-state index in [1.807, 2.05) is 0 Å². The standard InChI is InChI=1S/C18H24ClFN2O4S/c1-27(24,25)22-10-6-15(7-11-22)26-14-4-8-21(9-5-14)18(23)16-12-13(19)2-3-17(16)20/h2-3,12,14-15H,4-11H2,1H3. The third kappa shape index (κ3) is 5.19. The Morgan fingerprint density at radius 2 is 1.67 bits per heavy atom. The lowest BCUT2D eigenvalue weighted by atomic mass is 10.0. The van der Waals surface area contributed by atoms with Crippen LogP contribution >= 0.6 is 11.6 Å². The van der Waals surface area contributed by atoms with Gasteiger partial charge in [0.1, 0.15) is 5.82 Å². The Kier molecular flexibility index (Phi) is 6.40. The lowest BCUT2D eigenvalue weighted by Gasteiger charge is -2.36. The van der Waals surface area contributed by atoms with Crippen molar-refractivity contribution in [2.45, 2.75) is 37.9 Å². The Balaban J connectivity index is 1.48. The Hall–Kier alpha value is -1.22. The van der Waals surface area contributed by atoms with Crippen LogP contribution in [0, 0.1) is 5.82 Å². The summed E-state index contributed by atoms with van der Waals surface area (Å²) >= 11 is 5.87. The van der Waals surface area contributed by atoms with Crippen LogP contribution in [0.1, 0.15) is 36.0 Å². The van der Waals surface area contributed by atoms with Gasteiger partial charge in [0.25, 0.3) is 5.91 Å². The first kappa shape index (κ1) is 20.5. The Labute approximate surface area is 164 Å². The van der Waals surface area contributed by atoms with Crippen molar-refractivity contribution in [2.24, 2.45) is 0 Å². The minimum atomic E-state index is -3.14. The molecule has 2 saturated heterocycles. The molecule has 0 saturated carbocycles. The smallest absolute Gasteiger partial charge is 0.256 e. The number of amides is 1. The molecule has 2 heterocycles. The summed E-state index contributed by atoms with van der Waals surface area (Å²) < 4.78 is 44.6. The molecule has 3 rings (SSSR count). The molecular formula is C18H24ClFN2O4S. The van der Waals surface area contributed by atoms with Gasteiger partial charge in [0.15, 0.2) is 0 Å². The largest absolute Gasteiger partial charge is 0.375 e. The monoisotopic (exact) mass is 418 g/mol. The Morgan fingerprint density at radius 1 is 1.11 bits per heavy atom. The fraction of sp³-hybridized carbons (Fsp3) is 0.611. The van der Waals surface area contributed by atoms with Crippen molar-refractivity contribution in [3.63, 3.8) is 0 Å². The van der Waals surface area contributed by atoms with Crippen molar-refractivity contribution < 1.29 is 22.3 Å². The van der Waals surface area contributed by atoms with Crippen molar-refractivity contribution in [3.8, 4) is 0 Å². The van der Waals surface area contributed by atoms with Gasteiger partial charge in [0.2, 0.25) is 10.0 Å². The van der Waals surface area contributed by atoms with E-state index in [0.29, 0.717) is 56.9 Å². The number of hydrogen-bond donors (Lipinski definition) is 0. The van der Waals surface area contributed by atoms with Gasteiger partial charge < -0.3 is 9.64 Å². The molecule has 2 fully saturated rings. The van der Waals surface area contributed by atoms with Gasteiger partial charge >= 0.3 is 0 Å². The van der Waals surface area contributed by atoms with E-state index in [4.69, 9.17) is 16.3 Å². The number of hydrogen-bond acceptors (Lipinski definition) is 4. The highest BCUT2D eigenvalue weighted by atomic mass is 35.5. The number of carbonyl (C=O) groups excluding carboxylic acids is 1. The van der Waals surface area contributed by atoms with Gasteiger partial charge in [0.05, 0.1) is 24.0 Å². The van der Waals surface area contributed by atoms with Crippen LogP contribution in [0.25, 0.3) is 0 Å². The minimum Gasteiger partial charge on any atom is -0.375 e. The molecule has 0 aromatic heterocycles. The maximum absolute atomic E-state index is 13.9. The van der Waals surface area contributed by atoms with Crippen LogP contribution in [0.5, 0.6) is 0 Å². The zero-order valence-electron chi connectivity index (χ0n) is 15.2. The van der Waals surface area contributed by atoms with Gasteiger partial charge in [-0.05, 0) is 43.9 Å². The molecule has 0 unspecified atom stereocenters. The Morgan fingerprint density at radius 3 is 2.22 bits per heavy atom. The van der Waals surface area contributed by atoms with Crippen molar-refractivity contribution in [2.75, 3.05) is 32.4 Å². The molecule has 6 nitrogen and oxygen atoms in total. The number of rotatable bonds is 4. The molecule has 27 heavy (non-hydrogen) atoms. The van der Waals surface area contributed by atoms with E-state index in [-0.39, 0.29) is 23.7 Å². The Bertz CT molecular complexity index is 789. The van der Waals surface area contributed by atoms with E-state index >= 15 is 0 Å². The van der Waals surface area contributed by atoms with Crippen LogP contribution in [0.2, 0.25) is 5.02 Å². The summed E-state index contributed by atoms with van der Waals surface area (Å²) in [6, 6.07) is 3.98. The van der Waals surface area contributed by atoms with Crippen molar-refractivity contribution >= 4 is 27.5 Å². The summed E-state index contributed by atoms with van der Waals surface area (Å²) in [7, 11) is -3.14. The first-order valence-electron chi connectivity index (χ1n) is 9.09. The second-order valence-electron chi connectivity index (χ2n) is 7.11. The number of benzene rings is 1. The molecule has 2 aliphatic heterocycles. The number of ether oxygens (including phenoxy) is 1. The number of nitrogens with zero attached hydrogens (tertiary/aromatic N) is 2. The van der Waals surface area contributed by atoms with E-state index in [9.17, 15) is 17.6 Å². The van der Waals surface area contributed by atoms with Crippen LogP contribution in [0.15, 0.2) is 18.2 Å². The highest BCUT2D eigenvalue weighted by Crippen LogP contribution is 2.24. The third-order valence-electron chi connectivity index (χ3n) is 5.14. The molecule has 1 amide bonds. The summed E-state index contributed by atoms with van der Waals surface area (Å²) in [5.74, 6) is -0.921. The van der Waals surface area contributed by atoms with Crippen LogP contribution in [0.4, 0.5) is 4.39 Å². The summed E-state index contributed by atoms with van der Waals surface area (Å²) in [6.07, 6.45) is 4.03. The molecule has 0 bridgehead atoms. The zero-order chi connectivity index (χ0) is 19.6. The van der Waals surface area contributed by atoms with Crippen molar-refractivity contribution in [3.05, 3.63) is 34.6 Å². The average molecular weight is 419 g/mol. The fourth-order valence-corrected chi connectivity index (χ4v) is 4.64. The third-order valence-corrected chi connectivity index (χ3v) is 6.68. The van der Waals surface area contributed by atoms with Crippen LogP contribution < -0.4 is 0 Å². The summed E-state index contributed by atoms with van der Waals surface area (Å²) in [6.45, 7) is 1.96. The minimum absolute atomic E-state index is 0.00462. The van der Waals surface area contributed by atoms with E-state index in [1.54, 1.807) is 4.90 Å². The molecule has 0 atom stereocenters. The van der Waals surface area contributed by atoms with Gasteiger partial charge in [0, 0.05) is 31.2 Å². The molecule has 0 aliphatic carbocycles. The van der Waals surface area contributed by atoms with Gasteiger partial charge in [-0.15, -0.1) is 0 Å². The number of piperidine rings is 2. The molecular weight excluding hydrogens is 395 g/mol. The molecule has 0 spiro atoms. The highest BCUT2D eigenvalue weighted by molar-refractivity contribution is 7.88. The SMILES string of the molecule is CS(=O)(=O)N1CCC(OC2CCN(C(=O)c3cc(Cl)ccc3F)CC2)CC1. The number of sulfonamides is 1. The van der Waals surface area contributed by atoms with E-state index < -0.39 is 15.8 Å². The highest BCUT2D eigenvalue weighted by Gasteiger charge is 2.30. The first-order valence-corrected chi connectivity index (χ1v) is 11.3. The van der Waals surface area contributed by atoms with Crippen molar-refractivity contribution in [1.82, 2.24) is 9.21 Å². The second-order valence-corrected chi connectivity index (χ2v) is 9.53. The lowest BCUT2D eigenvalue weighted by Crippen LogP contribution is -2.44. The van der Waals surface area contributed by atoms with E-state index in [2.05, 4.69) is 0 Å². The molecule has 150 valence electrons. The molecule has 2 aliphatic rings. The second kappa shape index (κ2) is 8.43. The van der Waals surface area contributed by atoms with Crippen LogP contribution in [-0.2, 0) is 14.8 Å². The predicted octanol–water partition coefficient (Wildman–Crippen LogP) is 2.52. The van der Waals surface area contributed by atoms with Gasteiger partial charge in [-0.2, -0.15) is 0 Å². The normalized spacial score (nSPS) is 20.8. The first-order chi connectivity index (χ1) is 12.7. The quantitative estimate of drug-likeness (QED) is 0.753. The number of halogens is 2. The van der Waals surface area contributed by atoms with Gasteiger partial charge in [-0.1, -0.05) is 11.6 Å². The van der Waals surface area contributed by atoms with E-state index in [0.717, 1.165) is 0 Å². The number of carbonyl (C=O) groups is 1. The zero-order valence-corrected chi connectivity index (χ0v) is 16.8. The average Bonchev–Trinajstić information content (AvgIpc) is 2.63. The lowest BCUT2D eigenvalue weighted by molar-refractivity contribution is -0.0557.